The topological polar surface area (TPSA) is 46.5 Å². The number of carboxylic acids is 1. The average molecular weight is 312 g/mol. The number of alkyl halides is 2. The molecule has 2 rings (SSSR count). The van der Waals surface area contributed by atoms with Gasteiger partial charge in [-0.05, 0) is 29.3 Å². The van der Waals surface area contributed by atoms with Crippen molar-refractivity contribution in [1.29, 1.82) is 0 Å². The van der Waals surface area contributed by atoms with Gasteiger partial charge in [-0.1, -0.05) is 24.3 Å². The third kappa shape index (κ3) is 3.44. The quantitative estimate of drug-likeness (QED) is 0.820. The van der Waals surface area contributed by atoms with Crippen molar-refractivity contribution < 1.29 is 23.4 Å². The van der Waals surface area contributed by atoms with E-state index in [9.17, 15) is 13.6 Å². The summed E-state index contributed by atoms with van der Waals surface area (Å²) < 4.78 is 31.5. The zero-order valence-electron chi connectivity index (χ0n) is 11.3. The van der Waals surface area contributed by atoms with Crippen molar-refractivity contribution in [2.24, 2.45) is 0 Å². The fraction of sp³-hybridized carbons (Fsp3) is 0.267. The number of hydrogen-bond donors (Lipinski definition) is 1. The van der Waals surface area contributed by atoms with Gasteiger partial charge in [0.2, 0.25) is 0 Å². The van der Waals surface area contributed by atoms with Gasteiger partial charge in [0.15, 0.2) is 0 Å². The molecule has 0 fully saturated rings. The number of benzene rings is 2. The zero-order valence-corrected chi connectivity index (χ0v) is 12.1. The van der Waals surface area contributed by atoms with Crippen LogP contribution in [0.1, 0.15) is 11.5 Å². The lowest BCUT2D eigenvalue weighted by Gasteiger charge is -2.15. The fourth-order valence-electron chi connectivity index (χ4n) is 2.11. The van der Waals surface area contributed by atoms with Gasteiger partial charge in [0.1, 0.15) is 17.6 Å². The Morgan fingerprint density at radius 3 is 2.67 bits per heavy atom. The van der Waals surface area contributed by atoms with E-state index in [1.54, 1.807) is 12.1 Å². The molecule has 0 saturated carbocycles. The molecule has 6 heteroatoms. The molecule has 0 heterocycles. The van der Waals surface area contributed by atoms with Crippen molar-refractivity contribution >= 4 is 28.5 Å². The molecule has 3 nitrogen and oxygen atoms in total. The molecule has 0 saturated heterocycles. The second kappa shape index (κ2) is 6.76. The molecule has 2 aromatic carbocycles. The van der Waals surface area contributed by atoms with Gasteiger partial charge >= 0.3 is 5.97 Å². The highest BCUT2D eigenvalue weighted by Crippen LogP contribution is 2.33. The molecule has 0 amide bonds. The molecule has 1 N–H and O–H groups in total. The van der Waals surface area contributed by atoms with Gasteiger partial charge in [-0.25, -0.2) is 8.78 Å². The maximum absolute atomic E-state index is 13.0. The van der Waals surface area contributed by atoms with E-state index < -0.39 is 18.3 Å². The highest BCUT2D eigenvalue weighted by molar-refractivity contribution is 7.98. The highest BCUT2D eigenvalue weighted by Gasteiger charge is 2.30. The Labute approximate surface area is 124 Å². The van der Waals surface area contributed by atoms with E-state index in [-0.39, 0.29) is 5.56 Å². The van der Waals surface area contributed by atoms with E-state index in [4.69, 9.17) is 9.84 Å². The van der Waals surface area contributed by atoms with E-state index in [1.165, 1.54) is 23.9 Å². The Balaban J connectivity index is 2.56. The minimum atomic E-state index is -2.97. The van der Waals surface area contributed by atoms with Crippen molar-refractivity contribution in [1.82, 2.24) is 0 Å². The van der Waals surface area contributed by atoms with Crippen LogP contribution in [-0.2, 0) is 4.79 Å². The first kappa shape index (κ1) is 15.6. The van der Waals surface area contributed by atoms with Crippen molar-refractivity contribution in [3.63, 3.8) is 0 Å². The number of aliphatic carboxylic acids is 1. The molecule has 0 bridgehead atoms. The van der Waals surface area contributed by atoms with Gasteiger partial charge in [0, 0.05) is 5.39 Å². The van der Waals surface area contributed by atoms with Crippen molar-refractivity contribution in [2.75, 3.05) is 12.2 Å². The van der Waals surface area contributed by atoms with Crippen LogP contribution in [-0.4, -0.2) is 29.7 Å². The zero-order chi connectivity index (χ0) is 15.4. The highest BCUT2D eigenvalue weighted by atomic mass is 32.2. The largest absolute Gasteiger partial charge is 0.482 e. The fourth-order valence-corrected chi connectivity index (χ4v) is 2.36. The van der Waals surface area contributed by atoms with E-state index >= 15 is 0 Å². The maximum Gasteiger partial charge on any atom is 0.316 e. The Morgan fingerprint density at radius 1 is 1.33 bits per heavy atom. The lowest BCUT2D eigenvalue weighted by atomic mass is 9.96. The molecule has 0 aromatic heterocycles. The molecule has 0 spiro atoms. The third-order valence-electron chi connectivity index (χ3n) is 3.06. The van der Waals surface area contributed by atoms with E-state index in [0.717, 1.165) is 5.39 Å². The number of rotatable bonds is 6. The van der Waals surface area contributed by atoms with Gasteiger partial charge < -0.3 is 9.84 Å². The summed E-state index contributed by atoms with van der Waals surface area (Å²) in [5.41, 5.74) is 0.0484. The van der Waals surface area contributed by atoms with Crippen LogP contribution in [0.25, 0.3) is 10.8 Å². The SMILES string of the molecule is CSCOc1cc(C(C(=O)O)C(F)F)cc2ccccc12. The molecule has 112 valence electrons. The summed E-state index contributed by atoms with van der Waals surface area (Å²) in [4.78, 5) is 11.1. The van der Waals surface area contributed by atoms with Crippen LogP contribution in [0.3, 0.4) is 0 Å². The van der Waals surface area contributed by atoms with E-state index in [2.05, 4.69) is 0 Å². The predicted molar refractivity (Wildman–Crippen MR) is 79.3 cm³/mol. The number of thioether (sulfide) groups is 1. The van der Waals surface area contributed by atoms with Crippen molar-refractivity contribution in [3.05, 3.63) is 42.0 Å². The summed E-state index contributed by atoms with van der Waals surface area (Å²) in [6.45, 7) is 0. The Hall–Kier alpha value is -1.82. The Morgan fingerprint density at radius 2 is 2.05 bits per heavy atom. The summed E-state index contributed by atoms with van der Waals surface area (Å²) in [6, 6.07) is 10.0. The second-order valence-electron chi connectivity index (χ2n) is 4.44. The van der Waals surface area contributed by atoms with Crippen molar-refractivity contribution in [3.8, 4) is 5.75 Å². The minimum absolute atomic E-state index is 0.0484. The number of halogens is 2. The Bertz CT molecular complexity index is 646. The van der Waals surface area contributed by atoms with Crippen LogP contribution in [0.2, 0.25) is 0 Å². The molecule has 0 radical (unpaired) electrons. The molecular weight excluding hydrogens is 298 g/mol. The number of carboxylic acid groups (broad SMARTS) is 1. The van der Waals surface area contributed by atoms with E-state index in [0.29, 0.717) is 17.1 Å². The summed E-state index contributed by atoms with van der Waals surface area (Å²) in [5, 5.41) is 10.5. The molecule has 1 unspecified atom stereocenters. The van der Waals surface area contributed by atoms with Crippen LogP contribution in [0, 0.1) is 0 Å². The van der Waals surface area contributed by atoms with Gasteiger partial charge in [0.05, 0.1) is 0 Å². The molecule has 0 aliphatic carbocycles. The molecule has 0 aliphatic rings. The maximum atomic E-state index is 13.0. The number of hydrogen-bond acceptors (Lipinski definition) is 3. The summed E-state index contributed by atoms with van der Waals surface area (Å²) in [7, 11) is 0. The van der Waals surface area contributed by atoms with Crippen molar-refractivity contribution in [2.45, 2.75) is 12.3 Å². The first-order chi connectivity index (χ1) is 10.0. The lowest BCUT2D eigenvalue weighted by Crippen LogP contribution is -2.19. The smallest absolute Gasteiger partial charge is 0.316 e. The average Bonchev–Trinajstić information content (AvgIpc) is 2.44. The van der Waals surface area contributed by atoms with Crippen LogP contribution in [0.15, 0.2) is 36.4 Å². The minimum Gasteiger partial charge on any atom is -0.482 e. The van der Waals surface area contributed by atoms with Crippen LogP contribution >= 0.6 is 11.8 Å². The lowest BCUT2D eigenvalue weighted by molar-refractivity contribution is -0.142. The normalized spacial score (nSPS) is 12.6. The molecular formula is C15H14F2O3S. The first-order valence-electron chi connectivity index (χ1n) is 6.20. The first-order valence-corrected chi connectivity index (χ1v) is 7.59. The van der Waals surface area contributed by atoms with Gasteiger partial charge in [-0.3, -0.25) is 4.79 Å². The van der Waals surface area contributed by atoms with Crippen LogP contribution in [0.5, 0.6) is 5.75 Å². The number of fused-ring (bicyclic) bond motifs is 1. The molecule has 1 atom stereocenters. The van der Waals surface area contributed by atoms with E-state index in [1.807, 2.05) is 18.4 Å². The summed E-state index contributed by atoms with van der Waals surface area (Å²) in [5.74, 6) is -2.62. The molecule has 21 heavy (non-hydrogen) atoms. The predicted octanol–water partition coefficient (Wildman–Crippen LogP) is 3.97. The van der Waals surface area contributed by atoms with Gasteiger partial charge in [0.25, 0.3) is 6.43 Å². The molecule has 2 aromatic rings. The van der Waals surface area contributed by atoms with Gasteiger partial charge in [-0.15, -0.1) is 11.8 Å². The van der Waals surface area contributed by atoms with Gasteiger partial charge in [-0.2, -0.15) is 0 Å². The standard InChI is InChI=1S/C15H14F2O3S/c1-21-8-20-12-7-10(13(14(16)17)15(18)19)6-9-4-2-3-5-11(9)12/h2-7,13-14H,8H2,1H3,(H,18,19). The van der Waals surface area contributed by atoms with Crippen LogP contribution < -0.4 is 4.74 Å². The molecule has 0 aliphatic heterocycles. The summed E-state index contributed by atoms with van der Waals surface area (Å²) in [6.07, 6.45) is -1.12. The second-order valence-corrected chi connectivity index (χ2v) is 5.25. The summed E-state index contributed by atoms with van der Waals surface area (Å²) >= 11 is 1.45. The monoisotopic (exact) mass is 312 g/mol. The number of carbonyl (C=O) groups is 1. The number of ether oxygens (including phenoxy) is 1. The third-order valence-corrected chi connectivity index (χ3v) is 3.41. The Kier molecular flexibility index (Phi) is 5.01. The van der Waals surface area contributed by atoms with Crippen LogP contribution in [0.4, 0.5) is 8.78 Å².